The molecule has 0 aromatic heterocycles. The Balaban J connectivity index is 2.53. The van der Waals surface area contributed by atoms with Crippen molar-refractivity contribution in [2.75, 3.05) is 32.5 Å². The number of hydrogen-bond donors (Lipinski definition) is 2. The number of nitrogens with one attached hydrogen (secondary N) is 1. The molecule has 1 atom stereocenters. The summed E-state index contributed by atoms with van der Waals surface area (Å²) in [5.74, 6) is 0.340. The highest BCUT2D eigenvalue weighted by atomic mass is 32.2. The Bertz CT molecular complexity index is 358. The van der Waals surface area contributed by atoms with E-state index in [9.17, 15) is 13.5 Å². The van der Waals surface area contributed by atoms with Gasteiger partial charge in [-0.05, 0) is 38.1 Å². The van der Waals surface area contributed by atoms with Crippen LogP contribution in [0.2, 0.25) is 0 Å². The molecule has 19 heavy (non-hydrogen) atoms. The van der Waals surface area contributed by atoms with Gasteiger partial charge in [0.1, 0.15) is 0 Å². The molecule has 114 valence electrons. The van der Waals surface area contributed by atoms with E-state index < -0.39 is 10.0 Å². The third-order valence-corrected chi connectivity index (χ3v) is 5.64. The summed E-state index contributed by atoms with van der Waals surface area (Å²) >= 11 is 0. The quantitative estimate of drug-likeness (QED) is 0.728. The molecule has 0 aromatic rings. The van der Waals surface area contributed by atoms with Crippen molar-refractivity contribution < 1.29 is 13.5 Å². The maximum Gasteiger partial charge on any atom is 0.211 e. The lowest BCUT2D eigenvalue weighted by Crippen LogP contribution is -2.51. The number of aliphatic hydroxyl groups excluding tert-OH is 1. The zero-order chi connectivity index (χ0) is 14.5. The van der Waals surface area contributed by atoms with Gasteiger partial charge in [0.15, 0.2) is 0 Å². The summed E-state index contributed by atoms with van der Waals surface area (Å²) in [7, 11) is -3.07. The largest absolute Gasteiger partial charge is 0.394 e. The smallest absolute Gasteiger partial charge is 0.211 e. The van der Waals surface area contributed by atoms with Crippen LogP contribution in [0.1, 0.15) is 39.5 Å². The summed E-state index contributed by atoms with van der Waals surface area (Å²) in [6.07, 6.45) is 5.00. The third-order valence-electron chi connectivity index (χ3n) is 4.37. The third kappa shape index (κ3) is 4.70. The van der Waals surface area contributed by atoms with Crippen LogP contribution in [0, 0.1) is 5.92 Å². The van der Waals surface area contributed by atoms with Crippen molar-refractivity contribution in [1.82, 2.24) is 9.62 Å². The highest BCUT2D eigenvalue weighted by Crippen LogP contribution is 2.20. The molecule has 1 saturated heterocycles. The normalized spacial score (nSPS) is 22.6. The fraction of sp³-hybridized carbons (Fsp3) is 1.00. The van der Waals surface area contributed by atoms with Gasteiger partial charge in [-0.2, -0.15) is 0 Å². The van der Waals surface area contributed by atoms with Gasteiger partial charge < -0.3 is 10.4 Å². The van der Waals surface area contributed by atoms with E-state index in [1.807, 2.05) is 0 Å². The van der Waals surface area contributed by atoms with Gasteiger partial charge in [-0.1, -0.05) is 13.8 Å². The Hall–Kier alpha value is -0.170. The summed E-state index contributed by atoms with van der Waals surface area (Å²) in [6, 6.07) is 0. The molecular formula is C13H28N2O3S. The van der Waals surface area contributed by atoms with E-state index in [1.165, 1.54) is 6.26 Å². The van der Waals surface area contributed by atoms with Gasteiger partial charge in [-0.3, -0.25) is 0 Å². The molecule has 1 aliphatic rings. The first kappa shape index (κ1) is 16.9. The minimum atomic E-state index is -3.07. The van der Waals surface area contributed by atoms with Crippen LogP contribution in [-0.4, -0.2) is 55.9 Å². The first-order valence-corrected chi connectivity index (χ1v) is 9.02. The summed E-state index contributed by atoms with van der Waals surface area (Å²) < 4.78 is 24.7. The average Bonchev–Trinajstić information content (AvgIpc) is 2.40. The van der Waals surface area contributed by atoms with Crippen molar-refractivity contribution in [1.29, 1.82) is 0 Å². The van der Waals surface area contributed by atoms with Crippen molar-refractivity contribution in [2.24, 2.45) is 5.92 Å². The summed E-state index contributed by atoms with van der Waals surface area (Å²) in [6.45, 7) is 6.27. The van der Waals surface area contributed by atoms with Gasteiger partial charge >= 0.3 is 0 Å². The van der Waals surface area contributed by atoms with Gasteiger partial charge in [0.25, 0.3) is 0 Å². The molecule has 0 amide bonds. The molecule has 5 nitrogen and oxygen atoms in total. The van der Waals surface area contributed by atoms with Gasteiger partial charge in [0.05, 0.1) is 12.9 Å². The van der Waals surface area contributed by atoms with Gasteiger partial charge in [0, 0.05) is 18.6 Å². The van der Waals surface area contributed by atoms with Crippen molar-refractivity contribution in [3.8, 4) is 0 Å². The van der Waals surface area contributed by atoms with Gasteiger partial charge in [-0.15, -0.1) is 0 Å². The molecular weight excluding hydrogens is 264 g/mol. The molecule has 1 rings (SSSR count). The molecule has 0 radical (unpaired) electrons. The zero-order valence-electron chi connectivity index (χ0n) is 12.4. The van der Waals surface area contributed by atoms with Crippen LogP contribution in [0.25, 0.3) is 0 Å². The average molecular weight is 292 g/mol. The van der Waals surface area contributed by atoms with Crippen LogP contribution in [0.5, 0.6) is 0 Å². The van der Waals surface area contributed by atoms with Crippen molar-refractivity contribution in [3.63, 3.8) is 0 Å². The van der Waals surface area contributed by atoms with Crippen LogP contribution < -0.4 is 5.32 Å². The van der Waals surface area contributed by atoms with E-state index in [0.717, 1.165) is 32.2 Å². The number of piperidine rings is 1. The number of nitrogens with zero attached hydrogens (tertiary/aromatic N) is 1. The molecule has 6 heteroatoms. The van der Waals surface area contributed by atoms with Crippen LogP contribution in [0.3, 0.4) is 0 Å². The SMILES string of the molecule is CCC(CC)(CO)NCC1CCCN(S(C)(=O)=O)C1. The van der Waals surface area contributed by atoms with Crippen LogP contribution in [-0.2, 0) is 10.0 Å². The Morgan fingerprint density at radius 3 is 2.47 bits per heavy atom. The fourth-order valence-corrected chi connectivity index (χ4v) is 3.58. The molecule has 1 heterocycles. The first-order chi connectivity index (χ1) is 8.87. The summed E-state index contributed by atoms with van der Waals surface area (Å²) in [5, 5.41) is 13.0. The predicted molar refractivity (Wildman–Crippen MR) is 77.5 cm³/mol. The standard InChI is InChI=1S/C13H28N2O3S/c1-4-13(5-2,11-16)14-9-12-7-6-8-15(10-12)19(3,17)18/h12,14,16H,4-11H2,1-3H3. The van der Waals surface area contributed by atoms with Crippen LogP contribution in [0.15, 0.2) is 0 Å². The molecule has 0 aliphatic carbocycles. The first-order valence-electron chi connectivity index (χ1n) is 7.18. The van der Waals surface area contributed by atoms with Crippen molar-refractivity contribution in [2.45, 2.75) is 45.1 Å². The van der Waals surface area contributed by atoms with Gasteiger partial charge in [0.2, 0.25) is 10.0 Å². The highest BCUT2D eigenvalue weighted by molar-refractivity contribution is 7.88. The predicted octanol–water partition coefficient (Wildman–Crippen LogP) is 0.799. The second kappa shape index (κ2) is 7.02. The molecule has 1 unspecified atom stereocenters. The van der Waals surface area contributed by atoms with Crippen LogP contribution in [0.4, 0.5) is 0 Å². The Morgan fingerprint density at radius 1 is 1.37 bits per heavy atom. The number of hydrogen-bond acceptors (Lipinski definition) is 4. The summed E-state index contributed by atoms with van der Waals surface area (Å²) in [5.41, 5.74) is -0.215. The zero-order valence-corrected chi connectivity index (χ0v) is 13.2. The molecule has 0 bridgehead atoms. The summed E-state index contributed by atoms with van der Waals surface area (Å²) in [4.78, 5) is 0. The molecule has 2 N–H and O–H groups in total. The minimum absolute atomic E-state index is 0.127. The van der Waals surface area contributed by atoms with E-state index in [1.54, 1.807) is 4.31 Å². The topological polar surface area (TPSA) is 69.6 Å². The number of rotatable bonds is 7. The van der Waals surface area contributed by atoms with Gasteiger partial charge in [-0.25, -0.2) is 12.7 Å². The molecule has 0 saturated carbocycles. The lowest BCUT2D eigenvalue weighted by Gasteiger charge is -2.36. The van der Waals surface area contributed by atoms with E-state index in [0.29, 0.717) is 19.0 Å². The van der Waals surface area contributed by atoms with E-state index >= 15 is 0 Å². The van der Waals surface area contributed by atoms with E-state index in [-0.39, 0.29) is 12.1 Å². The highest BCUT2D eigenvalue weighted by Gasteiger charge is 2.29. The second-order valence-corrected chi connectivity index (χ2v) is 7.64. The number of sulfonamides is 1. The molecule has 1 fully saturated rings. The Kier molecular flexibility index (Phi) is 6.23. The Morgan fingerprint density at radius 2 is 2.00 bits per heavy atom. The maximum absolute atomic E-state index is 11.6. The lowest BCUT2D eigenvalue weighted by atomic mass is 9.91. The second-order valence-electron chi connectivity index (χ2n) is 5.66. The van der Waals surface area contributed by atoms with Crippen LogP contribution >= 0.6 is 0 Å². The van der Waals surface area contributed by atoms with E-state index in [4.69, 9.17) is 0 Å². The monoisotopic (exact) mass is 292 g/mol. The fourth-order valence-electron chi connectivity index (χ4n) is 2.64. The number of aliphatic hydroxyl groups is 1. The van der Waals surface area contributed by atoms with Crippen molar-refractivity contribution in [3.05, 3.63) is 0 Å². The van der Waals surface area contributed by atoms with E-state index in [2.05, 4.69) is 19.2 Å². The lowest BCUT2D eigenvalue weighted by molar-refractivity contribution is 0.138. The molecule has 0 aromatic carbocycles. The Labute approximate surface area is 117 Å². The van der Waals surface area contributed by atoms with Crippen molar-refractivity contribution >= 4 is 10.0 Å². The maximum atomic E-state index is 11.6. The minimum Gasteiger partial charge on any atom is -0.394 e. The molecule has 1 aliphatic heterocycles. The molecule has 0 spiro atoms.